The highest BCUT2D eigenvalue weighted by Gasteiger charge is 2.31. The second-order valence-electron chi connectivity index (χ2n) is 14.5. The van der Waals surface area contributed by atoms with Crippen LogP contribution in [0.4, 0.5) is 0 Å². The fourth-order valence-corrected chi connectivity index (χ4v) is 8.27. The van der Waals surface area contributed by atoms with Crippen LogP contribution in [-0.2, 0) is 12.8 Å². The molecule has 2 aliphatic rings. The summed E-state index contributed by atoms with van der Waals surface area (Å²) in [5.41, 5.74) is 8.83. The molecule has 0 N–H and O–H groups in total. The molecule has 0 spiro atoms. The summed E-state index contributed by atoms with van der Waals surface area (Å²) in [6, 6.07) is 30.6. The highest BCUT2D eigenvalue weighted by Crippen LogP contribution is 2.45. The van der Waals surface area contributed by atoms with E-state index in [0.29, 0.717) is 23.7 Å². The third kappa shape index (κ3) is 9.16. The van der Waals surface area contributed by atoms with Crippen LogP contribution in [0.1, 0.15) is 124 Å². The maximum Gasteiger partial charge on any atom is -0.0118 e. The third-order valence-corrected chi connectivity index (χ3v) is 11.4. The second-order valence-corrected chi connectivity index (χ2v) is 14.5. The number of hydrogen-bond donors (Lipinski definition) is 0. The molecule has 0 aliphatic heterocycles. The first kappa shape index (κ1) is 33.1. The molecule has 238 valence electrons. The summed E-state index contributed by atoms with van der Waals surface area (Å²) in [6.07, 6.45) is 19.0. The van der Waals surface area contributed by atoms with E-state index in [1.54, 1.807) is 0 Å². The summed E-state index contributed by atoms with van der Waals surface area (Å²) >= 11 is 0. The van der Waals surface area contributed by atoms with E-state index >= 15 is 0 Å². The first-order chi connectivity index (χ1) is 21.9. The SMILES string of the molecule is C=C[C-](C)CCC1CC(C(=C)C)CCC1c1ccc(CCC(Cc2ccc(C3CCC(C=C)CC3)cc2)c2ccccc2)cc1. The van der Waals surface area contributed by atoms with Crippen LogP contribution in [0.2, 0.25) is 0 Å². The number of allylic oxidation sites excluding steroid dienone is 3. The molecular weight excluding hydrogens is 540 g/mol. The maximum atomic E-state index is 4.32. The molecule has 2 saturated carbocycles. The first-order valence-electron chi connectivity index (χ1n) is 17.9. The van der Waals surface area contributed by atoms with E-state index in [-0.39, 0.29) is 0 Å². The van der Waals surface area contributed by atoms with Gasteiger partial charge in [0.15, 0.2) is 0 Å². The zero-order chi connectivity index (χ0) is 31.6. The van der Waals surface area contributed by atoms with Gasteiger partial charge in [0.25, 0.3) is 0 Å². The van der Waals surface area contributed by atoms with Crippen LogP contribution in [0.25, 0.3) is 0 Å². The van der Waals surface area contributed by atoms with E-state index < -0.39 is 0 Å². The molecule has 0 nitrogen and oxygen atoms in total. The average molecular weight is 598 g/mol. The van der Waals surface area contributed by atoms with E-state index in [1.165, 1.54) is 97.1 Å². The Balaban J connectivity index is 1.22. The molecule has 45 heavy (non-hydrogen) atoms. The molecule has 0 heterocycles. The smallest absolute Gasteiger partial charge is 0.0118 e. The monoisotopic (exact) mass is 597 g/mol. The Labute approximate surface area is 275 Å². The van der Waals surface area contributed by atoms with Gasteiger partial charge in [0.2, 0.25) is 0 Å². The van der Waals surface area contributed by atoms with Gasteiger partial charge in [-0.1, -0.05) is 110 Å². The molecule has 2 aliphatic carbocycles. The van der Waals surface area contributed by atoms with Gasteiger partial charge in [0.1, 0.15) is 0 Å². The molecular formula is C45H57-. The standard InChI is InChI=1S/C45H57/c1-6-34(5)13-21-44-32-42(33(3)4)29-30-45(44)41-26-16-36(17-27-41)18-28-43(38-11-9-8-10-12-38)31-37-19-24-40(25-20-37)39-22-14-35(7-2)15-23-39/h6-12,16-17,19-20,24-27,35,39,42-45H,1-3,13-15,18,21-23,28-32H2,4-5H3/q-1. The number of rotatable bonds is 14. The van der Waals surface area contributed by atoms with Crippen molar-refractivity contribution in [1.29, 1.82) is 0 Å². The van der Waals surface area contributed by atoms with Crippen molar-refractivity contribution >= 4 is 0 Å². The zero-order valence-corrected chi connectivity index (χ0v) is 28.2. The minimum absolute atomic E-state index is 0.519. The zero-order valence-electron chi connectivity index (χ0n) is 28.2. The molecule has 3 aromatic carbocycles. The average Bonchev–Trinajstić information content (AvgIpc) is 3.09. The van der Waals surface area contributed by atoms with Crippen LogP contribution in [0.3, 0.4) is 0 Å². The Morgan fingerprint density at radius 2 is 1.49 bits per heavy atom. The molecule has 2 fully saturated rings. The van der Waals surface area contributed by atoms with Gasteiger partial charge in [0.05, 0.1) is 0 Å². The molecule has 3 aromatic rings. The van der Waals surface area contributed by atoms with Crippen molar-refractivity contribution in [3.63, 3.8) is 0 Å². The molecule has 0 radical (unpaired) electrons. The lowest BCUT2D eigenvalue weighted by Gasteiger charge is -2.38. The van der Waals surface area contributed by atoms with Gasteiger partial charge in [-0.2, -0.15) is 0 Å². The predicted molar refractivity (Wildman–Crippen MR) is 196 cm³/mol. The van der Waals surface area contributed by atoms with E-state index in [1.807, 2.05) is 6.08 Å². The summed E-state index contributed by atoms with van der Waals surface area (Å²) in [7, 11) is 0. The minimum atomic E-state index is 0.519. The Morgan fingerprint density at radius 3 is 2.13 bits per heavy atom. The van der Waals surface area contributed by atoms with E-state index in [2.05, 4.69) is 119 Å². The van der Waals surface area contributed by atoms with Crippen LogP contribution in [0.5, 0.6) is 0 Å². The Bertz CT molecular complexity index is 1340. The van der Waals surface area contributed by atoms with Crippen LogP contribution in [0.15, 0.2) is 116 Å². The predicted octanol–water partition coefficient (Wildman–Crippen LogP) is 12.7. The highest BCUT2D eigenvalue weighted by molar-refractivity contribution is 5.31. The summed E-state index contributed by atoms with van der Waals surface area (Å²) in [4.78, 5) is 0. The largest absolute Gasteiger partial charge is 0.245 e. The van der Waals surface area contributed by atoms with Crippen molar-refractivity contribution < 1.29 is 0 Å². The Kier molecular flexibility index (Phi) is 12.0. The fourth-order valence-electron chi connectivity index (χ4n) is 8.27. The summed E-state index contributed by atoms with van der Waals surface area (Å²) < 4.78 is 0. The fraction of sp³-hybridized carbons (Fsp3) is 0.444. The lowest BCUT2D eigenvalue weighted by molar-refractivity contribution is 0.241. The van der Waals surface area contributed by atoms with Gasteiger partial charge >= 0.3 is 0 Å². The third-order valence-electron chi connectivity index (χ3n) is 11.4. The number of benzene rings is 3. The minimum Gasteiger partial charge on any atom is -0.245 e. The summed E-state index contributed by atoms with van der Waals surface area (Å²) in [5, 5.41) is 0. The highest BCUT2D eigenvalue weighted by atomic mass is 14.4. The quantitative estimate of drug-likeness (QED) is 0.128. The van der Waals surface area contributed by atoms with Gasteiger partial charge in [-0.15, -0.1) is 13.5 Å². The van der Waals surface area contributed by atoms with Gasteiger partial charge in [-0.25, -0.2) is 18.6 Å². The van der Waals surface area contributed by atoms with Gasteiger partial charge in [-0.3, -0.25) is 0 Å². The van der Waals surface area contributed by atoms with Crippen LogP contribution in [-0.4, -0.2) is 0 Å². The van der Waals surface area contributed by atoms with Crippen molar-refractivity contribution in [1.82, 2.24) is 0 Å². The lowest BCUT2D eigenvalue weighted by Crippen LogP contribution is -2.24. The van der Waals surface area contributed by atoms with E-state index in [9.17, 15) is 0 Å². The van der Waals surface area contributed by atoms with Crippen molar-refractivity contribution in [2.75, 3.05) is 0 Å². The molecule has 4 unspecified atom stereocenters. The maximum absolute atomic E-state index is 4.32. The van der Waals surface area contributed by atoms with Crippen LogP contribution < -0.4 is 0 Å². The Hall–Kier alpha value is -3.25. The van der Waals surface area contributed by atoms with Gasteiger partial charge < -0.3 is 0 Å². The van der Waals surface area contributed by atoms with Gasteiger partial charge in [-0.05, 0) is 134 Å². The Morgan fingerprint density at radius 1 is 0.822 bits per heavy atom. The topological polar surface area (TPSA) is 0 Å². The van der Waals surface area contributed by atoms with Crippen molar-refractivity contribution in [2.45, 2.75) is 109 Å². The van der Waals surface area contributed by atoms with Crippen molar-refractivity contribution in [3.05, 3.63) is 150 Å². The summed E-state index contributed by atoms with van der Waals surface area (Å²) in [5.74, 6) is 5.42. The van der Waals surface area contributed by atoms with E-state index in [4.69, 9.17) is 0 Å². The number of aryl methyl sites for hydroxylation is 1. The second kappa shape index (κ2) is 16.4. The molecule has 0 saturated heterocycles. The van der Waals surface area contributed by atoms with Crippen molar-refractivity contribution in [2.24, 2.45) is 17.8 Å². The molecule has 5 rings (SSSR count). The van der Waals surface area contributed by atoms with Crippen LogP contribution in [0, 0.1) is 23.7 Å². The molecule has 0 aromatic heterocycles. The molecule has 0 heteroatoms. The van der Waals surface area contributed by atoms with Gasteiger partial charge in [0, 0.05) is 0 Å². The first-order valence-corrected chi connectivity index (χ1v) is 17.9. The summed E-state index contributed by atoms with van der Waals surface area (Å²) in [6.45, 7) is 16.8. The normalized spacial score (nSPS) is 24.0. The molecule has 0 bridgehead atoms. The molecule has 0 amide bonds. The molecule has 4 atom stereocenters. The van der Waals surface area contributed by atoms with Crippen LogP contribution >= 0.6 is 0 Å². The van der Waals surface area contributed by atoms with Crippen molar-refractivity contribution in [3.8, 4) is 0 Å². The lowest BCUT2D eigenvalue weighted by atomic mass is 9.68. The van der Waals surface area contributed by atoms with E-state index in [0.717, 1.165) is 31.1 Å². The number of hydrogen-bond acceptors (Lipinski definition) is 0.